The number of benzene rings is 2. The molecule has 0 unspecified atom stereocenters. The number of aromatic nitrogens is 2. The smallest absolute Gasteiger partial charge is 0.242 e. The molecule has 0 aliphatic heterocycles. The van der Waals surface area contributed by atoms with E-state index in [4.69, 9.17) is 11.5 Å². The van der Waals surface area contributed by atoms with Crippen LogP contribution in [0, 0.1) is 0 Å². The maximum Gasteiger partial charge on any atom is 0.242 e. The lowest BCUT2D eigenvalue weighted by molar-refractivity contribution is -0.129. The van der Waals surface area contributed by atoms with Crippen molar-refractivity contribution < 1.29 is 9.59 Å². The van der Waals surface area contributed by atoms with Crippen molar-refractivity contribution in [3.63, 3.8) is 0 Å². The van der Waals surface area contributed by atoms with Gasteiger partial charge in [0.2, 0.25) is 11.8 Å². The van der Waals surface area contributed by atoms with Crippen LogP contribution in [0.25, 0.3) is 10.9 Å². The van der Waals surface area contributed by atoms with Crippen LogP contribution in [-0.2, 0) is 22.6 Å². The molecule has 2 atom stereocenters. The Kier molecular flexibility index (Phi) is 6.92. The van der Waals surface area contributed by atoms with Crippen molar-refractivity contribution in [3.8, 4) is 0 Å². The van der Waals surface area contributed by atoms with Crippen molar-refractivity contribution in [1.82, 2.24) is 20.6 Å². The number of fused-ring (bicyclic) bond motifs is 1. The lowest BCUT2D eigenvalue weighted by Crippen LogP contribution is -2.50. The quantitative estimate of drug-likeness (QED) is 0.445. The van der Waals surface area contributed by atoms with E-state index < -0.39 is 12.1 Å². The molecule has 2 aromatic carbocycles. The molecule has 0 aliphatic rings. The molecule has 0 fully saturated rings. The van der Waals surface area contributed by atoms with Crippen molar-refractivity contribution in [1.29, 1.82) is 0 Å². The van der Waals surface area contributed by atoms with Gasteiger partial charge in [0, 0.05) is 11.9 Å². The van der Waals surface area contributed by atoms with E-state index in [1.54, 1.807) is 6.92 Å². The van der Waals surface area contributed by atoms with Gasteiger partial charge in [-0.1, -0.05) is 36.4 Å². The van der Waals surface area contributed by atoms with Gasteiger partial charge in [0.25, 0.3) is 0 Å². The predicted octanol–water partition coefficient (Wildman–Crippen LogP) is 1.29. The summed E-state index contributed by atoms with van der Waals surface area (Å²) in [7, 11) is 0. The molecule has 0 radical (unpaired) electrons. The molecule has 2 amide bonds. The summed E-state index contributed by atoms with van der Waals surface area (Å²) in [5.41, 5.74) is 14.5. The Bertz CT molecular complexity index is 1020. The second-order valence-corrected chi connectivity index (χ2v) is 7.19. The fourth-order valence-corrected chi connectivity index (χ4v) is 3.06. The Morgan fingerprint density at radius 2 is 1.80 bits per heavy atom. The minimum absolute atomic E-state index is 0.291. The van der Waals surface area contributed by atoms with Crippen molar-refractivity contribution >= 4 is 28.5 Å². The minimum Gasteiger partial charge on any atom is -0.383 e. The summed E-state index contributed by atoms with van der Waals surface area (Å²) in [6.45, 7) is 1.93. The van der Waals surface area contributed by atoms with Gasteiger partial charge in [0.1, 0.15) is 18.2 Å². The van der Waals surface area contributed by atoms with E-state index >= 15 is 0 Å². The van der Waals surface area contributed by atoms with E-state index in [1.165, 1.54) is 6.33 Å². The summed E-state index contributed by atoms with van der Waals surface area (Å²) in [5, 5.41) is 6.25. The van der Waals surface area contributed by atoms with Crippen LogP contribution < -0.4 is 22.1 Å². The first-order valence-electron chi connectivity index (χ1n) is 9.80. The van der Waals surface area contributed by atoms with Gasteiger partial charge in [-0.2, -0.15) is 0 Å². The van der Waals surface area contributed by atoms with Crippen LogP contribution in [0.4, 0.5) is 5.82 Å². The summed E-state index contributed by atoms with van der Waals surface area (Å²) in [5.74, 6) is -0.220. The number of carbonyl (C=O) groups is 2. The zero-order chi connectivity index (χ0) is 21.5. The minimum atomic E-state index is -0.696. The first kappa shape index (κ1) is 21.2. The summed E-state index contributed by atoms with van der Waals surface area (Å²) >= 11 is 0. The number of nitrogens with two attached hydrogens (primary N) is 2. The summed E-state index contributed by atoms with van der Waals surface area (Å²) < 4.78 is 0. The highest BCUT2D eigenvalue weighted by Gasteiger charge is 2.20. The zero-order valence-corrected chi connectivity index (χ0v) is 16.8. The number of nitrogen functional groups attached to an aromatic ring is 1. The second kappa shape index (κ2) is 9.80. The molecule has 8 heteroatoms. The molecule has 0 saturated heterocycles. The van der Waals surface area contributed by atoms with Crippen LogP contribution in [0.5, 0.6) is 0 Å². The van der Waals surface area contributed by atoms with Gasteiger partial charge >= 0.3 is 0 Å². The third kappa shape index (κ3) is 5.51. The molecule has 0 bridgehead atoms. The molecule has 30 heavy (non-hydrogen) atoms. The van der Waals surface area contributed by atoms with E-state index in [1.807, 2.05) is 48.5 Å². The topological polar surface area (TPSA) is 136 Å². The van der Waals surface area contributed by atoms with Crippen LogP contribution in [0.2, 0.25) is 0 Å². The molecule has 156 valence electrons. The van der Waals surface area contributed by atoms with Gasteiger partial charge in [-0.05, 0) is 43.0 Å². The number of aryl methyl sites for hydroxylation is 1. The number of nitrogens with zero attached hydrogens (tertiary/aromatic N) is 2. The lowest BCUT2D eigenvalue weighted by Gasteiger charge is -2.17. The lowest BCUT2D eigenvalue weighted by atomic mass is 10.1. The van der Waals surface area contributed by atoms with E-state index in [-0.39, 0.29) is 11.8 Å². The molecule has 0 saturated carbocycles. The van der Waals surface area contributed by atoms with Crippen molar-refractivity contribution in [2.24, 2.45) is 5.73 Å². The van der Waals surface area contributed by atoms with E-state index in [9.17, 15) is 9.59 Å². The molecule has 1 aromatic heterocycles. The zero-order valence-electron chi connectivity index (χ0n) is 16.8. The van der Waals surface area contributed by atoms with E-state index in [2.05, 4.69) is 20.6 Å². The van der Waals surface area contributed by atoms with Crippen molar-refractivity contribution in [3.05, 3.63) is 66.0 Å². The van der Waals surface area contributed by atoms with Crippen molar-refractivity contribution in [2.45, 2.75) is 38.4 Å². The Morgan fingerprint density at radius 1 is 1.03 bits per heavy atom. The highest BCUT2D eigenvalue weighted by Crippen LogP contribution is 2.17. The van der Waals surface area contributed by atoms with Gasteiger partial charge < -0.3 is 22.1 Å². The first-order valence-corrected chi connectivity index (χ1v) is 9.80. The van der Waals surface area contributed by atoms with Crippen LogP contribution in [0.15, 0.2) is 54.9 Å². The molecule has 0 spiro atoms. The van der Waals surface area contributed by atoms with Crippen LogP contribution >= 0.6 is 0 Å². The molecule has 1 heterocycles. The molecule has 8 nitrogen and oxygen atoms in total. The largest absolute Gasteiger partial charge is 0.383 e. The third-order valence-electron chi connectivity index (χ3n) is 4.87. The normalized spacial score (nSPS) is 12.9. The Labute approximate surface area is 175 Å². The van der Waals surface area contributed by atoms with Gasteiger partial charge in [-0.3, -0.25) is 9.59 Å². The van der Waals surface area contributed by atoms with E-state index in [0.29, 0.717) is 30.7 Å². The predicted molar refractivity (Wildman–Crippen MR) is 116 cm³/mol. The maximum absolute atomic E-state index is 12.4. The fraction of sp³-hybridized carbons (Fsp3) is 0.273. The molecule has 0 aliphatic carbocycles. The Morgan fingerprint density at radius 3 is 2.57 bits per heavy atom. The highest BCUT2D eigenvalue weighted by atomic mass is 16.2. The van der Waals surface area contributed by atoms with Crippen LogP contribution in [-0.4, -0.2) is 33.9 Å². The third-order valence-corrected chi connectivity index (χ3v) is 4.87. The fourth-order valence-electron chi connectivity index (χ4n) is 3.06. The number of amides is 2. The standard InChI is InChI=1S/C22H26N6O2/c1-14(28-22(30)18(23)10-8-15-5-3-2-4-6-15)21(29)25-12-16-7-9-17-19(11-16)26-13-27-20(17)24/h2-7,9,11,13-14,18H,8,10,12,23H2,1H3,(H,25,29)(H,28,30)(H2,24,26,27)/t14-,18+/m0/s1. The van der Waals surface area contributed by atoms with Gasteiger partial charge in [0.05, 0.1) is 11.6 Å². The number of anilines is 1. The average molecular weight is 406 g/mol. The molecular formula is C22H26N6O2. The van der Waals surface area contributed by atoms with Crippen LogP contribution in [0.1, 0.15) is 24.5 Å². The van der Waals surface area contributed by atoms with Gasteiger partial charge in [0.15, 0.2) is 0 Å². The average Bonchev–Trinajstić information content (AvgIpc) is 2.76. The molecule has 6 N–H and O–H groups in total. The van der Waals surface area contributed by atoms with Crippen LogP contribution in [0.3, 0.4) is 0 Å². The Balaban J connectivity index is 1.47. The summed E-state index contributed by atoms with van der Waals surface area (Å²) in [4.78, 5) is 32.8. The summed E-state index contributed by atoms with van der Waals surface area (Å²) in [6, 6.07) is 14.0. The SMILES string of the molecule is C[C@H](NC(=O)[C@H](N)CCc1ccccc1)C(=O)NCc1ccc2c(N)ncnc2c1. The number of hydrogen-bond acceptors (Lipinski definition) is 6. The number of carbonyl (C=O) groups excluding carboxylic acids is 2. The van der Waals surface area contributed by atoms with Crippen molar-refractivity contribution in [2.75, 3.05) is 5.73 Å². The summed E-state index contributed by atoms with van der Waals surface area (Å²) in [6.07, 6.45) is 2.61. The Hall–Kier alpha value is -3.52. The molecule has 3 aromatic rings. The second-order valence-electron chi connectivity index (χ2n) is 7.19. The first-order chi connectivity index (χ1) is 14.4. The number of nitrogens with one attached hydrogen (secondary N) is 2. The molecule has 3 rings (SSSR count). The van der Waals surface area contributed by atoms with Gasteiger partial charge in [-0.25, -0.2) is 9.97 Å². The number of rotatable bonds is 8. The van der Waals surface area contributed by atoms with E-state index in [0.717, 1.165) is 16.5 Å². The monoisotopic (exact) mass is 406 g/mol. The molecular weight excluding hydrogens is 380 g/mol. The number of hydrogen-bond donors (Lipinski definition) is 4. The highest BCUT2D eigenvalue weighted by molar-refractivity contribution is 5.90. The van der Waals surface area contributed by atoms with Gasteiger partial charge in [-0.15, -0.1) is 0 Å². The maximum atomic E-state index is 12.4.